The Bertz CT molecular complexity index is 1120. The van der Waals surface area contributed by atoms with E-state index in [2.05, 4.69) is 15.4 Å². The Morgan fingerprint density at radius 1 is 1.09 bits per heavy atom. The number of nitrogens with one attached hydrogen (secondary N) is 3. The molecule has 5 N–H and O–H groups in total. The number of anilines is 3. The van der Waals surface area contributed by atoms with Gasteiger partial charge in [-0.1, -0.05) is 12.1 Å². The molecule has 1 aliphatic heterocycles. The van der Waals surface area contributed by atoms with Crippen LogP contribution in [0.5, 0.6) is 5.75 Å². The van der Waals surface area contributed by atoms with Crippen LogP contribution in [0.2, 0.25) is 0 Å². The van der Waals surface area contributed by atoms with E-state index in [1.54, 1.807) is 36.4 Å². The molecule has 178 valence electrons. The molecule has 0 saturated carbocycles. The van der Waals surface area contributed by atoms with Gasteiger partial charge in [-0.05, 0) is 56.5 Å². The summed E-state index contributed by atoms with van der Waals surface area (Å²) in [5.74, 6) is -0.142. The zero-order valence-electron chi connectivity index (χ0n) is 18.6. The third-order valence-corrected chi connectivity index (χ3v) is 6.71. The Balaban J connectivity index is 1.97. The van der Waals surface area contributed by atoms with Crippen LogP contribution >= 0.6 is 0 Å². The number of benzene rings is 2. The van der Waals surface area contributed by atoms with Gasteiger partial charge in [-0.25, -0.2) is 13.2 Å². The normalized spacial score (nSPS) is 14.8. The minimum Gasteiger partial charge on any atom is -0.495 e. The van der Waals surface area contributed by atoms with Gasteiger partial charge in [0.05, 0.1) is 18.5 Å². The molecule has 11 heteroatoms. The second kappa shape index (κ2) is 10.4. The van der Waals surface area contributed by atoms with E-state index in [-0.39, 0.29) is 10.6 Å². The van der Waals surface area contributed by atoms with E-state index in [0.29, 0.717) is 17.1 Å². The van der Waals surface area contributed by atoms with Gasteiger partial charge in [-0.15, -0.1) is 0 Å². The number of amides is 3. The van der Waals surface area contributed by atoms with Crippen LogP contribution in [0.25, 0.3) is 0 Å². The van der Waals surface area contributed by atoms with Crippen LogP contribution < -0.4 is 30.7 Å². The van der Waals surface area contributed by atoms with Crippen molar-refractivity contribution in [2.45, 2.75) is 37.1 Å². The molecule has 0 spiro atoms. The lowest BCUT2D eigenvalue weighted by Crippen LogP contribution is -2.44. The van der Waals surface area contributed by atoms with Crippen molar-refractivity contribution in [2.75, 3.05) is 35.1 Å². The molecule has 2 aromatic rings. The maximum absolute atomic E-state index is 13.5. The zero-order valence-corrected chi connectivity index (χ0v) is 19.4. The topological polar surface area (TPSA) is 143 Å². The highest BCUT2D eigenvalue weighted by Crippen LogP contribution is 2.33. The van der Waals surface area contributed by atoms with E-state index in [1.807, 2.05) is 4.90 Å². The van der Waals surface area contributed by atoms with Crippen LogP contribution in [-0.4, -0.2) is 46.6 Å². The van der Waals surface area contributed by atoms with Crippen molar-refractivity contribution in [2.24, 2.45) is 5.73 Å². The number of urea groups is 1. The van der Waals surface area contributed by atoms with Crippen LogP contribution in [0.4, 0.5) is 21.9 Å². The summed E-state index contributed by atoms with van der Waals surface area (Å²) in [6.45, 7) is 2.95. The predicted octanol–water partition coefficient (Wildman–Crippen LogP) is 2.48. The summed E-state index contributed by atoms with van der Waals surface area (Å²) in [7, 11) is -2.57. The van der Waals surface area contributed by atoms with Gasteiger partial charge in [0.2, 0.25) is 5.91 Å². The van der Waals surface area contributed by atoms with E-state index in [4.69, 9.17) is 10.5 Å². The second-order valence-corrected chi connectivity index (χ2v) is 9.41. The lowest BCUT2D eigenvalue weighted by molar-refractivity contribution is -0.117. The average Bonchev–Trinajstić information content (AvgIpc) is 2.79. The summed E-state index contributed by atoms with van der Waals surface area (Å²) in [5, 5.41) is 4.92. The Kier molecular flexibility index (Phi) is 7.64. The van der Waals surface area contributed by atoms with Gasteiger partial charge in [-0.3, -0.25) is 9.52 Å². The average molecular weight is 476 g/mol. The number of sulfonamides is 1. The fraction of sp³-hybridized carbons (Fsp3) is 0.364. The molecule has 1 saturated heterocycles. The molecular weight excluding hydrogens is 446 g/mol. The van der Waals surface area contributed by atoms with Crippen molar-refractivity contribution in [3.05, 3.63) is 42.5 Å². The van der Waals surface area contributed by atoms with Crippen molar-refractivity contribution in [1.82, 2.24) is 5.32 Å². The minimum absolute atomic E-state index is 0.0311. The number of carbonyl (C=O) groups is 2. The fourth-order valence-corrected chi connectivity index (χ4v) is 4.98. The summed E-state index contributed by atoms with van der Waals surface area (Å²) >= 11 is 0. The number of rotatable bonds is 8. The first-order valence-corrected chi connectivity index (χ1v) is 12.1. The Labute approximate surface area is 193 Å². The Morgan fingerprint density at radius 2 is 1.79 bits per heavy atom. The van der Waals surface area contributed by atoms with Crippen molar-refractivity contribution in [3.63, 3.8) is 0 Å². The summed E-state index contributed by atoms with van der Waals surface area (Å²) in [6, 6.07) is 9.73. The number of hydrogen-bond acceptors (Lipinski definition) is 6. The third kappa shape index (κ3) is 6.07. The molecule has 10 nitrogen and oxygen atoms in total. The first-order chi connectivity index (χ1) is 15.7. The molecule has 3 amide bonds. The predicted molar refractivity (Wildman–Crippen MR) is 127 cm³/mol. The lowest BCUT2D eigenvalue weighted by Gasteiger charge is -2.30. The lowest BCUT2D eigenvalue weighted by atomic mass is 10.1. The third-order valence-electron chi connectivity index (χ3n) is 5.32. The van der Waals surface area contributed by atoms with Gasteiger partial charge in [0.1, 0.15) is 16.7 Å². The number of nitrogens with zero attached hydrogens (tertiary/aromatic N) is 1. The van der Waals surface area contributed by atoms with E-state index in [9.17, 15) is 18.0 Å². The molecule has 1 heterocycles. The molecule has 0 aromatic heterocycles. The number of hydrogen-bond donors (Lipinski definition) is 4. The number of nitrogens with two attached hydrogens (primary N) is 1. The van der Waals surface area contributed by atoms with E-state index in [1.165, 1.54) is 20.1 Å². The van der Waals surface area contributed by atoms with Crippen molar-refractivity contribution in [3.8, 4) is 5.75 Å². The highest BCUT2D eigenvalue weighted by Gasteiger charge is 2.25. The summed E-state index contributed by atoms with van der Waals surface area (Å²) in [5.41, 5.74) is 6.21. The monoisotopic (exact) mass is 475 g/mol. The molecule has 2 aromatic carbocycles. The molecule has 1 unspecified atom stereocenters. The van der Waals surface area contributed by atoms with Gasteiger partial charge < -0.3 is 26.0 Å². The number of methoxy groups -OCH3 is 1. The molecular formula is C22H29N5O5S. The zero-order chi connectivity index (χ0) is 24.0. The highest BCUT2D eigenvalue weighted by molar-refractivity contribution is 7.93. The van der Waals surface area contributed by atoms with Crippen molar-refractivity contribution < 1.29 is 22.7 Å². The van der Waals surface area contributed by atoms with Crippen LogP contribution in [-0.2, 0) is 14.8 Å². The van der Waals surface area contributed by atoms with Crippen molar-refractivity contribution in [1.29, 1.82) is 0 Å². The van der Waals surface area contributed by atoms with Gasteiger partial charge in [0.15, 0.2) is 0 Å². The molecule has 33 heavy (non-hydrogen) atoms. The molecule has 0 radical (unpaired) electrons. The van der Waals surface area contributed by atoms with E-state index >= 15 is 0 Å². The molecule has 1 fully saturated rings. The number of ether oxygens (including phenoxy) is 1. The first-order valence-electron chi connectivity index (χ1n) is 10.6. The van der Waals surface area contributed by atoms with E-state index in [0.717, 1.165) is 32.4 Å². The minimum atomic E-state index is -4.04. The van der Waals surface area contributed by atoms with Gasteiger partial charge in [0.25, 0.3) is 10.0 Å². The van der Waals surface area contributed by atoms with Gasteiger partial charge >= 0.3 is 6.03 Å². The number of primary amides is 1. The van der Waals surface area contributed by atoms with Crippen LogP contribution in [0.1, 0.15) is 26.2 Å². The highest BCUT2D eigenvalue weighted by atomic mass is 32.2. The van der Waals surface area contributed by atoms with Gasteiger partial charge in [0, 0.05) is 18.8 Å². The maximum atomic E-state index is 13.5. The number of carbonyl (C=O) groups excluding carboxylic acids is 2. The largest absolute Gasteiger partial charge is 0.495 e. The number of para-hydroxylation sites is 2. The summed E-state index contributed by atoms with van der Waals surface area (Å²) < 4.78 is 34.8. The maximum Gasteiger partial charge on any atom is 0.312 e. The quantitative estimate of drug-likeness (QED) is 0.462. The molecule has 1 atom stereocenters. The molecule has 1 aliphatic rings. The van der Waals surface area contributed by atoms with Crippen LogP contribution in [0.15, 0.2) is 47.4 Å². The molecule has 0 aliphatic carbocycles. The fourth-order valence-electron chi connectivity index (χ4n) is 3.66. The smallest absolute Gasteiger partial charge is 0.312 e. The Morgan fingerprint density at radius 3 is 2.45 bits per heavy atom. The first kappa shape index (κ1) is 24.2. The van der Waals surface area contributed by atoms with Crippen molar-refractivity contribution >= 4 is 39.0 Å². The standard InChI is InChI=1S/C22H29N5O5S/c1-15(24-22(23)29)21(28)25-16-10-11-18(27-12-6-3-7-13-27)20(14-16)33(30,31)26-17-8-4-5-9-19(17)32-2/h4-5,8-11,14-15,26H,3,6-7,12-13H2,1-2H3,(H,25,28)(H3,23,24,29). The second-order valence-electron chi connectivity index (χ2n) is 7.76. The van der Waals surface area contributed by atoms with Crippen LogP contribution in [0.3, 0.4) is 0 Å². The Hall–Kier alpha value is -3.47. The van der Waals surface area contributed by atoms with E-state index < -0.39 is 28.0 Å². The summed E-state index contributed by atoms with van der Waals surface area (Å²) in [4.78, 5) is 25.5. The molecule has 0 bridgehead atoms. The van der Waals surface area contributed by atoms with Gasteiger partial charge in [-0.2, -0.15) is 0 Å². The number of piperidine rings is 1. The molecule has 3 rings (SSSR count). The SMILES string of the molecule is COc1ccccc1NS(=O)(=O)c1cc(NC(=O)C(C)NC(N)=O)ccc1N1CCCCC1. The summed E-state index contributed by atoms with van der Waals surface area (Å²) in [6.07, 6.45) is 3.03. The van der Waals surface area contributed by atoms with Crippen LogP contribution in [0, 0.1) is 0 Å².